The summed E-state index contributed by atoms with van der Waals surface area (Å²) >= 11 is 7.00. The maximum absolute atomic E-state index is 5.94. The number of rotatable bonds is 4. The predicted octanol–water partition coefficient (Wildman–Crippen LogP) is 5.03. The van der Waals surface area contributed by atoms with E-state index >= 15 is 0 Å². The summed E-state index contributed by atoms with van der Waals surface area (Å²) in [4.78, 5) is 0. The smallest absolute Gasteiger partial charge is 0.141 e. The first-order valence-corrected chi connectivity index (χ1v) is 7.56. The number of halogens is 2. The molecule has 0 unspecified atom stereocenters. The Morgan fingerprint density at radius 3 is 2.42 bits per heavy atom. The average molecular weight is 385 g/mol. The van der Waals surface area contributed by atoms with Crippen molar-refractivity contribution in [3.05, 3.63) is 56.5 Å². The maximum atomic E-state index is 5.94. The van der Waals surface area contributed by atoms with Gasteiger partial charge in [0.2, 0.25) is 0 Å². The lowest BCUT2D eigenvalue weighted by molar-refractivity contribution is 0.475. The van der Waals surface area contributed by atoms with Crippen LogP contribution in [0, 0.1) is 6.92 Å². The van der Waals surface area contributed by atoms with Crippen molar-refractivity contribution >= 4 is 31.9 Å². The molecule has 0 fully saturated rings. The van der Waals surface area contributed by atoms with Crippen LogP contribution in [0.15, 0.2) is 45.3 Å². The van der Waals surface area contributed by atoms with Crippen LogP contribution in [-0.4, -0.2) is 7.05 Å². The molecule has 2 rings (SSSR count). The fourth-order valence-corrected chi connectivity index (χ4v) is 2.77. The fourth-order valence-electron chi connectivity index (χ4n) is 1.79. The number of benzene rings is 2. The molecule has 2 nitrogen and oxygen atoms in total. The van der Waals surface area contributed by atoms with Crippen LogP contribution in [0.3, 0.4) is 0 Å². The van der Waals surface area contributed by atoms with Crippen LogP contribution in [0.4, 0.5) is 0 Å². The third-order valence-corrected chi connectivity index (χ3v) is 3.85. The molecule has 2 aromatic carbocycles. The van der Waals surface area contributed by atoms with Crippen LogP contribution in [-0.2, 0) is 6.54 Å². The normalized spacial score (nSPS) is 10.5. The molecule has 0 spiro atoms. The highest BCUT2D eigenvalue weighted by atomic mass is 79.9. The van der Waals surface area contributed by atoms with E-state index < -0.39 is 0 Å². The lowest BCUT2D eigenvalue weighted by Crippen LogP contribution is -2.04. The molecule has 0 amide bonds. The minimum atomic E-state index is 0.824. The third-order valence-electron chi connectivity index (χ3n) is 2.73. The summed E-state index contributed by atoms with van der Waals surface area (Å²) in [6, 6.07) is 12.1. The highest BCUT2D eigenvalue weighted by molar-refractivity contribution is 9.10. The van der Waals surface area contributed by atoms with E-state index in [-0.39, 0.29) is 0 Å². The van der Waals surface area contributed by atoms with Gasteiger partial charge in [0, 0.05) is 11.0 Å². The van der Waals surface area contributed by atoms with Crippen LogP contribution >= 0.6 is 31.9 Å². The molecule has 4 heteroatoms. The van der Waals surface area contributed by atoms with Gasteiger partial charge < -0.3 is 10.1 Å². The van der Waals surface area contributed by atoms with Crippen molar-refractivity contribution < 1.29 is 4.74 Å². The van der Waals surface area contributed by atoms with Gasteiger partial charge in [0.05, 0.1) is 4.47 Å². The standard InChI is InChI=1S/C15H15Br2NO/c1-10-7-12(16)4-6-14(10)19-15-5-3-11(9-18-2)8-13(15)17/h3-8,18H,9H2,1-2H3. The van der Waals surface area contributed by atoms with Gasteiger partial charge in [-0.2, -0.15) is 0 Å². The second-order valence-corrected chi connectivity index (χ2v) is 6.08. The molecule has 0 saturated heterocycles. The van der Waals surface area contributed by atoms with Gasteiger partial charge in [-0.15, -0.1) is 0 Å². The molecule has 0 atom stereocenters. The Labute approximate surface area is 130 Å². The van der Waals surface area contributed by atoms with Crippen molar-refractivity contribution in [2.75, 3.05) is 7.05 Å². The van der Waals surface area contributed by atoms with Crippen LogP contribution in [0.2, 0.25) is 0 Å². The quantitative estimate of drug-likeness (QED) is 0.797. The van der Waals surface area contributed by atoms with Gasteiger partial charge >= 0.3 is 0 Å². The lowest BCUT2D eigenvalue weighted by Gasteiger charge is -2.11. The summed E-state index contributed by atoms with van der Waals surface area (Å²) in [6.07, 6.45) is 0. The Morgan fingerprint density at radius 1 is 1.05 bits per heavy atom. The van der Waals surface area contributed by atoms with Gasteiger partial charge in [0.15, 0.2) is 0 Å². The van der Waals surface area contributed by atoms with Crippen molar-refractivity contribution in [1.82, 2.24) is 5.32 Å². The average Bonchev–Trinajstić information content (AvgIpc) is 2.36. The minimum absolute atomic E-state index is 0.824. The van der Waals surface area contributed by atoms with Gasteiger partial charge in [-0.3, -0.25) is 0 Å². The predicted molar refractivity (Wildman–Crippen MR) is 85.9 cm³/mol. The molecule has 0 aliphatic rings. The van der Waals surface area contributed by atoms with E-state index in [4.69, 9.17) is 4.74 Å². The number of hydrogen-bond acceptors (Lipinski definition) is 2. The Morgan fingerprint density at radius 2 is 1.79 bits per heavy atom. The van der Waals surface area contributed by atoms with Crippen LogP contribution in [0.1, 0.15) is 11.1 Å². The van der Waals surface area contributed by atoms with E-state index in [2.05, 4.69) is 49.3 Å². The van der Waals surface area contributed by atoms with Crippen molar-refractivity contribution in [2.24, 2.45) is 0 Å². The first-order chi connectivity index (χ1) is 9.10. The Kier molecular flexibility index (Phi) is 5.02. The molecule has 100 valence electrons. The fraction of sp³-hybridized carbons (Fsp3) is 0.200. The molecule has 0 aromatic heterocycles. The zero-order valence-electron chi connectivity index (χ0n) is 10.8. The molecule has 0 aliphatic heterocycles. The second kappa shape index (κ2) is 6.55. The van der Waals surface area contributed by atoms with Crippen molar-refractivity contribution in [1.29, 1.82) is 0 Å². The van der Waals surface area contributed by atoms with Crippen molar-refractivity contribution in [2.45, 2.75) is 13.5 Å². The van der Waals surface area contributed by atoms with Crippen LogP contribution < -0.4 is 10.1 Å². The summed E-state index contributed by atoms with van der Waals surface area (Å²) in [5.74, 6) is 1.69. The van der Waals surface area contributed by atoms with E-state index in [9.17, 15) is 0 Å². The summed E-state index contributed by atoms with van der Waals surface area (Å²) in [7, 11) is 1.93. The largest absolute Gasteiger partial charge is 0.456 e. The van der Waals surface area contributed by atoms with Crippen molar-refractivity contribution in [3.63, 3.8) is 0 Å². The molecule has 0 aliphatic carbocycles. The van der Waals surface area contributed by atoms with E-state index in [0.717, 1.165) is 32.6 Å². The molecule has 0 saturated carbocycles. The van der Waals surface area contributed by atoms with E-state index in [1.165, 1.54) is 5.56 Å². The highest BCUT2D eigenvalue weighted by Crippen LogP contribution is 2.33. The molecular weight excluding hydrogens is 370 g/mol. The molecule has 2 aromatic rings. The summed E-state index contributed by atoms with van der Waals surface area (Å²) in [5, 5.41) is 3.13. The van der Waals surface area contributed by atoms with E-state index in [1.54, 1.807) is 0 Å². The van der Waals surface area contributed by atoms with Gasteiger partial charge in [-0.1, -0.05) is 22.0 Å². The lowest BCUT2D eigenvalue weighted by atomic mass is 10.2. The molecular formula is C15H15Br2NO. The van der Waals surface area contributed by atoms with Crippen LogP contribution in [0.25, 0.3) is 0 Å². The minimum Gasteiger partial charge on any atom is -0.456 e. The topological polar surface area (TPSA) is 21.3 Å². The molecule has 1 N–H and O–H groups in total. The Balaban J connectivity index is 2.23. The number of nitrogens with one attached hydrogen (secondary N) is 1. The highest BCUT2D eigenvalue weighted by Gasteiger charge is 2.06. The monoisotopic (exact) mass is 383 g/mol. The molecule has 0 radical (unpaired) electrons. The summed E-state index contributed by atoms with van der Waals surface area (Å²) in [6.45, 7) is 2.87. The zero-order valence-corrected chi connectivity index (χ0v) is 14.0. The van der Waals surface area contributed by atoms with Crippen LogP contribution in [0.5, 0.6) is 11.5 Å². The first-order valence-electron chi connectivity index (χ1n) is 5.97. The van der Waals surface area contributed by atoms with Crippen molar-refractivity contribution in [3.8, 4) is 11.5 Å². The Bertz CT molecular complexity index is 584. The molecule has 0 bridgehead atoms. The Hall–Kier alpha value is -0.840. The summed E-state index contributed by atoms with van der Waals surface area (Å²) in [5.41, 5.74) is 2.31. The third kappa shape index (κ3) is 3.81. The maximum Gasteiger partial charge on any atom is 0.141 e. The second-order valence-electron chi connectivity index (χ2n) is 4.31. The number of hydrogen-bond donors (Lipinski definition) is 1. The molecule has 19 heavy (non-hydrogen) atoms. The van der Waals surface area contributed by atoms with Gasteiger partial charge in [-0.25, -0.2) is 0 Å². The van der Waals surface area contributed by atoms with E-state index in [1.807, 2.05) is 38.2 Å². The number of aryl methyl sites for hydroxylation is 1. The summed E-state index contributed by atoms with van der Waals surface area (Å²) < 4.78 is 7.96. The number of ether oxygens (including phenoxy) is 1. The van der Waals surface area contributed by atoms with Gasteiger partial charge in [0.1, 0.15) is 11.5 Å². The molecule has 0 heterocycles. The first kappa shape index (κ1) is 14.6. The van der Waals surface area contributed by atoms with Gasteiger partial charge in [0.25, 0.3) is 0 Å². The SMILES string of the molecule is CNCc1ccc(Oc2ccc(Br)cc2C)c(Br)c1. The zero-order chi connectivity index (χ0) is 13.8. The van der Waals surface area contributed by atoms with E-state index in [0.29, 0.717) is 0 Å². The van der Waals surface area contributed by atoms with Gasteiger partial charge in [-0.05, 0) is 71.4 Å².